The number of hydrogen-bond acceptors (Lipinski definition) is 5. The SMILES string of the molecule is CN1CC(NC(=O)Nc2ccccc2)CC1c1nc(-c2ccc(Cl)cc2)no1. The van der Waals surface area contributed by atoms with E-state index in [1.807, 2.05) is 49.5 Å². The van der Waals surface area contributed by atoms with Crippen molar-refractivity contribution in [3.8, 4) is 11.4 Å². The molecule has 0 spiro atoms. The largest absolute Gasteiger partial charge is 0.337 e. The van der Waals surface area contributed by atoms with E-state index in [9.17, 15) is 4.79 Å². The Hall–Kier alpha value is -2.90. The van der Waals surface area contributed by atoms with Crippen LogP contribution in [0.3, 0.4) is 0 Å². The molecule has 2 heterocycles. The first-order valence-electron chi connectivity index (χ1n) is 9.01. The number of benzene rings is 2. The highest BCUT2D eigenvalue weighted by atomic mass is 35.5. The van der Waals surface area contributed by atoms with Gasteiger partial charge in [0.1, 0.15) is 0 Å². The second-order valence-corrected chi connectivity index (χ2v) is 7.25. The molecule has 3 aromatic rings. The van der Waals surface area contributed by atoms with Crippen molar-refractivity contribution in [1.29, 1.82) is 0 Å². The summed E-state index contributed by atoms with van der Waals surface area (Å²) in [5, 5.41) is 10.6. The second kappa shape index (κ2) is 8.00. The average Bonchev–Trinajstić information content (AvgIpc) is 3.30. The van der Waals surface area contributed by atoms with Crippen molar-refractivity contribution in [3.05, 3.63) is 65.5 Å². The van der Waals surface area contributed by atoms with Crippen LogP contribution in [0.5, 0.6) is 0 Å². The lowest BCUT2D eigenvalue weighted by Gasteiger charge is -2.14. The highest BCUT2D eigenvalue weighted by molar-refractivity contribution is 6.30. The summed E-state index contributed by atoms with van der Waals surface area (Å²) in [6.45, 7) is 0.700. The molecule has 7 nitrogen and oxygen atoms in total. The van der Waals surface area contributed by atoms with E-state index in [1.165, 1.54) is 0 Å². The Bertz CT molecular complexity index is 945. The fourth-order valence-electron chi connectivity index (χ4n) is 3.35. The van der Waals surface area contributed by atoms with Gasteiger partial charge >= 0.3 is 6.03 Å². The third kappa shape index (κ3) is 4.16. The van der Waals surface area contributed by atoms with Gasteiger partial charge in [-0.2, -0.15) is 4.98 Å². The first-order valence-corrected chi connectivity index (χ1v) is 9.38. The van der Waals surface area contributed by atoms with E-state index >= 15 is 0 Å². The van der Waals surface area contributed by atoms with E-state index in [4.69, 9.17) is 16.1 Å². The van der Waals surface area contributed by atoms with Gasteiger partial charge < -0.3 is 15.2 Å². The van der Waals surface area contributed by atoms with Gasteiger partial charge in [-0.15, -0.1) is 0 Å². The maximum absolute atomic E-state index is 12.2. The van der Waals surface area contributed by atoms with Crippen LogP contribution in [-0.2, 0) is 0 Å². The number of nitrogens with zero attached hydrogens (tertiary/aromatic N) is 3. The fraction of sp³-hybridized carbons (Fsp3) is 0.250. The van der Waals surface area contributed by atoms with Crippen molar-refractivity contribution in [3.63, 3.8) is 0 Å². The lowest BCUT2D eigenvalue weighted by atomic mass is 10.1. The highest BCUT2D eigenvalue weighted by Crippen LogP contribution is 2.31. The third-order valence-corrected chi connectivity index (χ3v) is 5.00. The zero-order chi connectivity index (χ0) is 19.5. The molecule has 0 radical (unpaired) electrons. The number of para-hydroxylation sites is 1. The Labute approximate surface area is 167 Å². The summed E-state index contributed by atoms with van der Waals surface area (Å²) >= 11 is 5.93. The van der Waals surface area contributed by atoms with Gasteiger partial charge in [-0.25, -0.2) is 4.79 Å². The van der Waals surface area contributed by atoms with Crippen molar-refractivity contribution in [2.24, 2.45) is 0 Å². The summed E-state index contributed by atoms with van der Waals surface area (Å²) in [6.07, 6.45) is 0.695. The van der Waals surface area contributed by atoms with Crippen LogP contribution in [0.2, 0.25) is 5.02 Å². The number of likely N-dealkylation sites (tertiary alicyclic amines) is 1. The Morgan fingerprint density at radius 2 is 1.93 bits per heavy atom. The first-order chi connectivity index (χ1) is 13.6. The van der Waals surface area contributed by atoms with Crippen molar-refractivity contribution >= 4 is 23.3 Å². The quantitative estimate of drug-likeness (QED) is 0.696. The number of rotatable bonds is 4. The molecule has 2 N–H and O–H groups in total. The van der Waals surface area contributed by atoms with E-state index in [0.717, 1.165) is 11.3 Å². The number of likely N-dealkylation sites (N-methyl/N-ethyl adjacent to an activating group) is 1. The van der Waals surface area contributed by atoms with Crippen LogP contribution in [0.15, 0.2) is 59.1 Å². The number of hydrogen-bond donors (Lipinski definition) is 2. The summed E-state index contributed by atoms with van der Waals surface area (Å²) in [5.74, 6) is 1.07. The number of carbonyl (C=O) groups excluding carboxylic acids is 1. The van der Waals surface area contributed by atoms with Crippen LogP contribution in [0.4, 0.5) is 10.5 Å². The summed E-state index contributed by atoms with van der Waals surface area (Å²) in [5.41, 5.74) is 1.60. The molecular formula is C20H20ClN5O2. The highest BCUT2D eigenvalue weighted by Gasteiger charge is 2.35. The van der Waals surface area contributed by atoms with Gasteiger partial charge in [-0.05, 0) is 49.9 Å². The van der Waals surface area contributed by atoms with E-state index in [-0.39, 0.29) is 18.1 Å². The predicted octanol–water partition coefficient (Wildman–Crippen LogP) is 3.96. The molecule has 0 saturated carbocycles. The minimum absolute atomic E-state index is 0.00964. The normalized spacial score (nSPS) is 19.5. The van der Waals surface area contributed by atoms with E-state index in [0.29, 0.717) is 29.7 Å². The lowest BCUT2D eigenvalue weighted by molar-refractivity contribution is 0.243. The number of nitrogens with one attached hydrogen (secondary N) is 2. The zero-order valence-corrected chi connectivity index (χ0v) is 16.1. The standard InChI is InChI=1S/C20H20ClN5O2/c1-26-12-16(23-20(27)22-15-5-3-2-4-6-15)11-17(26)19-24-18(25-28-19)13-7-9-14(21)10-8-13/h2-10,16-17H,11-12H2,1H3,(H2,22,23,27). The molecule has 2 unspecified atom stereocenters. The smallest absolute Gasteiger partial charge is 0.319 e. The number of anilines is 1. The van der Waals surface area contributed by atoms with Gasteiger partial charge in [0.15, 0.2) is 0 Å². The summed E-state index contributed by atoms with van der Waals surface area (Å²) in [7, 11) is 1.98. The molecule has 1 fully saturated rings. The van der Waals surface area contributed by atoms with Gasteiger partial charge in [0.25, 0.3) is 0 Å². The van der Waals surface area contributed by atoms with E-state index < -0.39 is 0 Å². The van der Waals surface area contributed by atoms with Crippen LogP contribution in [0, 0.1) is 0 Å². The van der Waals surface area contributed by atoms with Gasteiger partial charge in [-0.1, -0.05) is 35.0 Å². The Morgan fingerprint density at radius 1 is 1.18 bits per heavy atom. The second-order valence-electron chi connectivity index (χ2n) is 6.82. The van der Waals surface area contributed by atoms with Crippen LogP contribution in [0.1, 0.15) is 18.4 Å². The molecule has 4 rings (SSSR count). The number of aromatic nitrogens is 2. The summed E-state index contributed by atoms with van der Waals surface area (Å²) < 4.78 is 5.49. The van der Waals surface area contributed by atoms with Gasteiger partial charge in [0.2, 0.25) is 11.7 Å². The first kappa shape index (κ1) is 18.5. The van der Waals surface area contributed by atoms with Crippen LogP contribution in [0.25, 0.3) is 11.4 Å². The molecule has 2 amide bonds. The zero-order valence-electron chi connectivity index (χ0n) is 15.3. The van der Waals surface area contributed by atoms with Crippen LogP contribution < -0.4 is 10.6 Å². The van der Waals surface area contributed by atoms with Crippen LogP contribution in [-0.4, -0.2) is 40.7 Å². The fourth-order valence-corrected chi connectivity index (χ4v) is 3.48. The van der Waals surface area contributed by atoms with Crippen LogP contribution >= 0.6 is 11.6 Å². The molecular weight excluding hydrogens is 378 g/mol. The molecule has 2 atom stereocenters. The molecule has 144 valence electrons. The molecule has 1 aliphatic rings. The van der Waals surface area contributed by atoms with Gasteiger partial charge in [0.05, 0.1) is 6.04 Å². The van der Waals surface area contributed by atoms with Gasteiger partial charge in [0, 0.05) is 28.9 Å². The van der Waals surface area contributed by atoms with Crippen molar-refractivity contribution in [2.45, 2.75) is 18.5 Å². The molecule has 28 heavy (non-hydrogen) atoms. The minimum Gasteiger partial charge on any atom is -0.337 e. The van der Waals surface area contributed by atoms with Gasteiger partial charge in [-0.3, -0.25) is 4.90 Å². The maximum Gasteiger partial charge on any atom is 0.319 e. The molecule has 1 aliphatic heterocycles. The van der Waals surface area contributed by atoms with E-state index in [2.05, 4.69) is 25.7 Å². The Kier molecular flexibility index (Phi) is 5.27. The maximum atomic E-state index is 12.2. The number of urea groups is 1. The Morgan fingerprint density at radius 3 is 2.68 bits per heavy atom. The molecule has 1 aromatic heterocycles. The van der Waals surface area contributed by atoms with E-state index in [1.54, 1.807) is 12.1 Å². The lowest BCUT2D eigenvalue weighted by Crippen LogP contribution is -2.39. The number of amides is 2. The van der Waals surface area contributed by atoms with Crippen molar-refractivity contribution in [1.82, 2.24) is 20.4 Å². The average molecular weight is 398 g/mol. The number of halogens is 1. The third-order valence-electron chi connectivity index (χ3n) is 4.74. The monoisotopic (exact) mass is 397 g/mol. The minimum atomic E-state index is -0.224. The van der Waals surface area contributed by atoms with Crippen molar-refractivity contribution in [2.75, 3.05) is 18.9 Å². The molecule has 1 saturated heterocycles. The Balaban J connectivity index is 1.39. The molecule has 2 aromatic carbocycles. The molecule has 0 bridgehead atoms. The molecule has 8 heteroatoms. The number of carbonyl (C=O) groups is 1. The molecule has 0 aliphatic carbocycles. The summed E-state index contributed by atoms with van der Waals surface area (Å²) in [6, 6.07) is 16.4. The van der Waals surface area contributed by atoms with Crippen molar-refractivity contribution < 1.29 is 9.32 Å². The summed E-state index contributed by atoms with van der Waals surface area (Å²) in [4.78, 5) is 18.9. The predicted molar refractivity (Wildman–Crippen MR) is 107 cm³/mol. The topological polar surface area (TPSA) is 83.3 Å².